The second-order valence-corrected chi connectivity index (χ2v) is 6.82. The van der Waals surface area contributed by atoms with Crippen molar-refractivity contribution in [3.63, 3.8) is 0 Å². The molecule has 4 rings (SSSR count). The van der Waals surface area contributed by atoms with E-state index in [1.165, 1.54) is 12.1 Å². The first-order valence-corrected chi connectivity index (χ1v) is 9.21. The number of hydrogen-bond acceptors (Lipinski definition) is 4. The van der Waals surface area contributed by atoms with E-state index in [9.17, 15) is 9.18 Å². The summed E-state index contributed by atoms with van der Waals surface area (Å²) < 4.78 is 20.0. The van der Waals surface area contributed by atoms with Gasteiger partial charge in [0.1, 0.15) is 17.4 Å². The third-order valence-corrected chi connectivity index (χ3v) is 5.18. The van der Waals surface area contributed by atoms with Gasteiger partial charge in [0, 0.05) is 22.6 Å². The highest BCUT2D eigenvalue weighted by molar-refractivity contribution is 7.98. The smallest absolute Gasteiger partial charge is 0.256 e. The number of nitrogens with zero attached hydrogens (tertiary/aromatic N) is 2. The van der Waals surface area contributed by atoms with Gasteiger partial charge in [-0.3, -0.25) is 4.79 Å². The average molecular weight is 369 g/mol. The van der Waals surface area contributed by atoms with Gasteiger partial charge in [-0.1, -0.05) is 0 Å². The number of methoxy groups -OCH3 is 1. The van der Waals surface area contributed by atoms with Crippen LogP contribution in [0.2, 0.25) is 0 Å². The van der Waals surface area contributed by atoms with Crippen LogP contribution in [0.4, 0.5) is 10.2 Å². The molecule has 0 unspecified atom stereocenters. The Labute approximate surface area is 154 Å². The van der Waals surface area contributed by atoms with Crippen LogP contribution in [0, 0.1) is 5.82 Å². The fraction of sp³-hybridized carbons (Fsp3) is 0.158. The van der Waals surface area contributed by atoms with Crippen LogP contribution in [0.15, 0.2) is 48.5 Å². The number of fused-ring (bicyclic) bond motifs is 1. The molecule has 1 amide bonds. The van der Waals surface area contributed by atoms with Crippen molar-refractivity contribution in [1.29, 1.82) is 0 Å². The quantitative estimate of drug-likeness (QED) is 0.755. The van der Waals surface area contributed by atoms with Gasteiger partial charge in [-0.05, 0) is 48.5 Å². The molecule has 1 aliphatic heterocycles. The van der Waals surface area contributed by atoms with Crippen molar-refractivity contribution in [2.75, 3.05) is 12.4 Å². The number of amides is 1. The maximum atomic E-state index is 13.2. The predicted molar refractivity (Wildman–Crippen MR) is 99.5 cm³/mol. The highest BCUT2D eigenvalue weighted by atomic mass is 32.2. The number of anilines is 1. The third-order valence-electron chi connectivity index (χ3n) is 4.21. The summed E-state index contributed by atoms with van der Waals surface area (Å²) in [6.07, 6.45) is 0. The second-order valence-electron chi connectivity index (χ2n) is 5.84. The Morgan fingerprint density at radius 1 is 1.15 bits per heavy atom. The number of rotatable bonds is 4. The Kier molecular flexibility index (Phi) is 4.38. The fourth-order valence-electron chi connectivity index (χ4n) is 2.83. The molecule has 7 heteroatoms. The predicted octanol–water partition coefficient (Wildman–Crippen LogP) is 4.02. The Morgan fingerprint density at radius 2 is 1.88 bits per heavy atom. The van der Waals surface area contributed by atoms with E-state index in [4.69, 9.17) is 4.74 Å². The monoisotopic (exact) mass is 369 g/mol. The lowest BCUT2D eigenvalue weighted by molar-refractivity contribution is 0.102. The van der Waals surface area contributed by atoms with E-state index in [2.05, 4.69) is 10.4 Å². The molecule has 1 aromatic heterocycles. The van der Waals surface area contributed by atoms with Crippen molar-refractivity contribution in [1.82, 2.24) is 9.78 Å². The zero-order valence-corrected chi connectivity index (χ0v) is 14.8. The zero-order chi connectivity index (χ0) is 18.1. The highest BCUT2D eigenvalue weighted by Crippen LogP contribution is 2.36. The first-order chi connectivity index (χ1) is 12.7. The molecule has 0 saturated carbocycles. The van der Waals surface area contributed by atoms with E-state index < -0.39 is 0 Å². The topological polar surface area (TPSA) is 56.1 Å². The van der Waals surface area contributed by atoms with E-state index in [0.29, 0.717) is 22.8 Å². The summed E-state index contributed by atoms with van der Waals surface area (Å²) in [7, 11) is 1.58. The van der Waals surface area contributed by atoms with Crippen LogP contribution in [0.25, 0.3) is 5.69 Å². The summed E-state index contributed by atoms with van der Waals surface area (Å²) in [6, 6.07) is 13.0. The molecular weight excluding hydrogens is 353 g/mol. The molecule has 1 N–H and O–H groups in total. The van der Waals surface area contributed by atoms with E-state index in [1.54, 1.807) is 60.0 Å². The Bertz CT molecular complexity index is 952. The van der Waals surface area contributed by atoms with Gasteiger partial charge in [0.25, 0.3) is 5.91 Å². The van der Waals surface area contributed by atoms with Crippen molar-refractivity contribution < 1.29 is 13.9 Å². The molecule has 0 bridgehead atoms. The van der Waals surface area contributed by atoms with Gasteiger partial charge in [-0.15, -0.1) is 0 Å². The maximum Gasteiger partial charge on any atom is 0.256 e. The molecule has 0 spiro atoms. The first-order valence-electron chi connectivity index (χ1n) is 8.05. The van der Waals surface area contributed by atoms with Gasteiger partial charge >= 0.3 is 0 Å². The minimum atomic E-state index is -0.312. The number of hydrogen-bond donors (Lipinski definition) is 1. The van der Waals surface area contributed by atoms with E-state index in [1.807, 2.05) is 0 Å². The van der Waals surface area contributed by atoms with Crippen molar-refractivity contribution in [2.24, 2.45) is 0 Å². The van der Waals surface area contributed by atoms with Crippen molar-refractivity contribution in [3.8, 4) is 11.4 Å². The summed E-state index contributed by atoms with van der Waals surface area (Å²) in [5.41, 5.74) is 3.19. The average Bonchev–Trinajstić information content (AvgIpc) is 3.25. The lowest BCUT2D eigenvalue weighted by Gasteiger charge is -2.11. The SMILES string of the molecule is COc1ccc(C(=O)Nc2c3c(nn2-c2ccc(F)cc2)CSC3)cc1. The highest BCUT2D eigenvalue weighted by Gasteiger charge is 2.25. The Balaban J connectivity index is 1.68. The number of aromatic nitrogens is 2. The lowest BCUT2D eigenvalue weighted by Crippen LogP contribution is -2.16. The van der Waals surface area contributed by atoms with E-state index in [-0.39, 0.29) is 11.7 Å². The Morgan fingerprint density at radius 3 is 2.58 bits per heavy atom. The molecule has 0 saturated heterocycles. The van der Waals surface area contributed by atoms with Crippen LogP contribution in [0.3, 0.4) is 0 Å². The normalized spacial score (nSPS) is 12.7. The number of halogens is 1. The standard InChI is InChI=1S/C19H16FN3O2S/c1-25-15-8-2-12(3-9-15)19(24)21-18-16-10-26-11-17(16)22-23(18)14-6-4-13(20)5-7-14/h2-9H,10-11H2,1H3,(H,21,24). The van der Waals surface area contributed by atoms with Crippen molar-refractivity contribution in [3.05, 3.63) is 71.2 Å². The lowest BCUT2D eigenvalue weighted by atomic mass is 10.2. The molecule has 0 fully saturated rings. The number of nitrogens with one attached hydrogen (secondary N) is 1. The number of thioether (sulfide) groups is 1. The molecule has 5 nitrogen and oxygen atoms in total. The van der Waals surface area contributed by atoms with Gasteiger partial charge in [-0.25, -0.2) is 9.07 Å². The van der Waals surface area contributed by atoms with E-state index >= 15 is 0 Å². The van der Waals surface area contributed by atoms with Gasteiger partial charge in [0.15, 0.2) is 0 Å². The number of carbonyl (C=O) groups is 1. The van der Waals surface area contributed by atoms with Crippen LogP contribution >= 0.6 is 11.8 Å². The molecule has 2 aromatic carbocycles. The summed E-state index contributed by atoms with van der Waals surface area (Å²) in [5, 5.41) is 7.57. The first kappa shape index (κ1) is 16.7. The number of carbonyl (C=O) groups excluding carboxylic acids is 1. The van der Waals surface area contributed by atoms with Crippen LogP contribution < -0.4 is 10.1 Å². The molecule has 2 heterocycles. The van der Waals surface area contributed by atoms with Crippen LogP contribution in [0.5, 0.6) is 5.75 Å². The fourth-order valence-corrected chi connectivity index (χ4v) is 3.87. The minimum Gasteiger partial charge on any atom is -0.497 e. The van der Waals surface area contributed by atoms with Crippen LogP contribution in [0.1, 0.15) is 21.6 Å². The van der Waals surface area contributed by atoms with Crippen LogP contribution in [-0.2, 0) is 11.5 Å². The number of ether oxygens (including phenoxy) is 1. The maximum absolute atomic E-state index is 13.2. The Hall–Kier alpha value is -2.80. The second kappa shape index (κ2) is 6.84. The number of benzene rings is 2. The molecule has 0 radical (unpaired) electrons. The summed E-state index contributed by atoms with van der Waals surface area (Å²) in [6.45, 7) is 0. The van der Waals surface area contributed by atoms with Gasteiger partial charge in [0.05, 0.1) is 18.5 Å². The molecule has 132 valence electrons. The largest absolute Gasteiger partial charge is 0.497 e. The van der Waals surface area contributed by atoms with Crippen LogP contribution in [-0.4, -0.2) is 22.8 Å². The van der Waals surface area contributed by atoms with Crippen molar-refractivity contribution >= 4 is 23.5 Å². The summed E-state index contributed by atoms with van der Waals surface area (Å²) in [5.74, 6) is 2.38. The summed E-state index contributed by atoms with van der Waals surface area (Å²) in [4.78, 5) is 12.7. The van der Waals surface area contributed by atoms with Gasteiger partial charge in [-0.2, -0.15) is 16.9 Å². The minimum absolute atomic E-state index is 0.226. The third kappa shape index (κ3) is 3.06. The van der Waals surface area contributed by atoms with Gasteiger partial charge in [0.2, 0.25) is 0 Å². The van der Waals surface area contributed by atoms with Crippen molar-refractivity contribution in [2.45, 2.75) is 11.5 Å². The molecule has 1 aliphatic rings. The molecular formula is C19H16FN3O2S. The molecule has 26 heavy (non-hydrogen) atoms. The summed E-state index contributed by atoms with van der Waals surface area (Å²) >= 11 is 1.75. The molecule has 0 aliphatic carbocycles. The zero-order valence-electron chi connectivity index (χ0n) is 14.0. The molecule has 0 atom stereocenters. The van der Waals surface area contributed by atoms with E-state index in [0.717, 1.165) is 22.8 Å². The molecule has 3 aromatic rings. The van der Waals surface area contributed by atoms with Gasteiger partial charge < -0.3 is 10.1 Å².